The zero-order valence-corrected chi connectivity index (χ0v) is 12.7. The van der Waals surface area contributed by atoms with Gasteiger partial charge in [0, 0.05) is 12.6 Å². The second-order valence-electron chi connectivity index (χ2n) is 5.32. The Hall–Kier alpha value is -2.56. The number of rotatable bonds is 4. The van der Waals surface area contributed by atoms with E-state index in [0.717, 1.165) is 24.5 Å². The van der Waals surface area contributed by atoms with Gasteiger partial charge in [0.1, 0.15) is 6.04 Å². The van der Waals surface area contributed by atoms with Crippen LogP contribution < -0.4 is 15.0 Å². The highest BCUT2D eigenvalue weighted by Gasteiger charge is 2.30. The maximum atomic E-state index is 12.1. The number of aromatic nitrogens is 1. The third kappa shape index (κ3) is 2.74. The van der Waals surface area contributed by atoms with Crippen LogP contribution in [0.3, 0.4) is 0 Å². The van der Waals surface area contributed by atoms with Crippen molar-refractivity contribution in [3.8, 4) is 5.88 Å². The highest BCUT2D eigenvalue weighted by Crippen LogP contribution is 2.32. The number of methoxy groups -OCH3 is 1. The van der Waals surface area contributed by atoms with Gasteiger partial charge in [0.2, 0.25) is 11.8 Å². The van der Waals surface area contributed by atoms with Gasteiger partial charge in [-0.2, -0.15) is 4.98 Å². The molecule has 5 heteroatoms. The minimum atomic E-state index is -0.254. The fourth-order valence-corrected chi connectivity index (χ4v) is 2.62. The minimum absolute atomic E-state index is 0.00692. The number of carbonyl (C=O) groups is 1. The first kappa shape index (κ1) is 14.4. The van der Waals surface area contributed by atoms with Crippen LogP contribution in [-0.2, 0) is 11.2 Å². The maximum Gasteiger partial charge on any atom is 0.246 e. The smallest absolute Gasteiger partial charge is 0.246 e. The number of pyridine rings is 1. The molecule has 1 unspecified atom stereocenters. The van der Waals surface area contributed by atoms with Crippen LogP contribution in [0.2, 0.25) is 0 Å². The monoisotopic (exact) mass is 297 g/mol. The number of fused-ring (bicyclic) bond motifs is 1. The Morgan fingerprint density at radius 3 is 2.73 bits per heavy atom. The van der Waals surface area contributed by atoms with Gasteiger partial charge in [-0.15, -0.1) is 0 Å². The quantitative estimate of drug-likeness (QED) is 0.942. The molecule has 1 atom stereocenters. The topological polar surface area (TPSA) is 54.5 Å². The van der Waals surface area contributed by atoms with Gasteiger partial charge in [0.15, 0.2) is 5.82 Å². The molecular weight excluding hydrogens is 278 g/mol. The predicted octanol–water partition coefficient (Wildman–Crippen LogP) is 2.48. The van der Waals surface area contributed by atoms with Crippen molar-refractivity contribution >= 4 is 17.4 Å². The molecule has 0 aliphatic carbocycles. The number of benzene rings is 1. The van der Waals surface area contributed by atoms with E-state index in [1.807, 2.05) is 36.1 Å². The summed E-state index contributed by atoms with van der Waals surface area (Å²) in [4.78, 5) is 18.7. The number of carbonyl (C=O) groups excluding carboxylic acids is 1. The number of anilines is 2. The number of nitrogens with zero attached hydrogens (tertiary/aromatic N) is 2. The molecule has 0 saturated carbocycles. The van der Waals surface area contributed by atoms with E-state index in [-0.39, 0.29) is 11.9 Å². The van der Waals surface area contributed by atoms with E-state index in [0.29, 0.717) is 5.88 Å². The molecule has 1 amide bonds. The van der Waals surface area contributed by atoms with E-state index in [1.165, 1.54) is 5.56 Å². The van der Waals surface area contributed by atoms with Crippen LogP contribution in [0.4, 0.5) is 11.5 Å². The van der Waals surface area contributed by atoms with Crippen LogP contribution in [0.1, 0.15) is 12.5 Å². The lowest BCUT2D eigenvalue weighted by molar-refractivity contribution is -0.117. The average Bonchev–Trinajstić information content (AvgIpc) is 2.56. The zero-order valence-electron chi connectivity index (χ0n) is 12.7. The van der Waals surface area contributed by atoms with Crippen molar-refractivity contribution in [3.05, 3.63) is 48.0 Å². The summed E-state index contributed by atoms with van der Waals surface area (Å²) in [6, 6.07) is 13.6. The van der Waals surface area contributed by atoms with Crippen molar-refractivity contribution in [3.63, 3.8) is 0 Å². The van der Waals surface area contributed by atoms with Gasteiger partial charge in [0.05, 0.1) is 12.8 Å². The third-order valence-electron chi connectivity index (χ3n) is 3.92. The lowest BCUT2D eigenvalue weighted by atomic mass is 10.1. The molecule has 1 aromatic heterocycles. The Balaban J connectivity index is 1.87. The first-order valence-electron chi connectivity index (χ1n) is 7.35. The maximum absolute atomic E-state index is 12.1. The molecule has 2 aromatic rings. The predicted molar refractivity (Wildman–Crippen MR) is 86.4 cm³/mol. The summed E-state index contributed by atoms with van der Waals surface area (Å²) in [7, 11) is 1.59. The molecule has 0 spiro atoms. The number of nitrogens with one attached hydrogen (secondary N) is 1. The Kier molecular flexibility index (Phi) is 3.96. The van der Waals surface area contributed by atoms with E-state index in [2.05, 4.69) is 22.4 Å². The molecule has 1 aliphatic heterocycles. The van der Waals surface area contributed by atoms with Crippen molar-refractivity contribution in [2.45, 2.75) is 19.4 Å². The normalized spacial score (nSPS) is 16.9. The molecule has 0 saturated heterocycles. The Morgan fingerprint density at radius 1 is 1.23 bits per heavy atom. The average molecular weight is 297 g/mol. The summed E-state index contributed by atoms with van der Waals surface area (Å²) < 4.78 is 5.20. The molecule has 22 heavy (non-hydrogen) atoms. The first-order chi connectivity index (χ1) is 10.7. The molecule has 114 valence electrons. The van der Waals surface area contributed by atoms with Gasteiger partial charge in [-0.3, -0.25) is 4.79 Å². The summed E-state index contributed by atoms with van der Waals surface area (Å²) in [5.74, 6) is 1.31. The van der Waals surface area contributed by atoms with Crippen molar-refractivity contribution in [2.75, 3.05) is 23.9 Å². The van der Waals surface area contributed by atoms with Gasteiger partial charge in [-0.1, -0.05) is 30.3 Å². The summed E-state index contributed by atoms with van der Waals surface area (Å²) in [5, 5.41) is 2.89. The summed E-state index contributed by atoms with van der Waals surface area (Å²) in [6.45, 7) is 2.62. The van der Waals surface area contributed by atoms with Crippen molar-refractivity contribution in [2.24, 2.45) is 0 Å². The van der Waals surface area contributed by atoms with Crippen LogP contribution in [0.25, 0.3) is 0 Å². The number of hydrogen-bond donors (Lipinski definition) is 1. The van der Waals surface area contributed by atoms with Crippen LogP contribution in [0.5, 0.6) is 5.88 Å². The van der Waals surface area contributed by atoms with Crippen LogP contribution in [-0.4, -0.2) is 30.6 Å². The van der Waals surface area contributed by atoms with E-state index >= 15 is 0 Å². The lowest BCUT2D eigenvalue weighted by Crippen LogP contribution is -2.47. The van der Waals surface area contributed by atoms with Gasteiger partial charge < -0.3 is 15.0 Å². The molecule has 0 radical (unpaired) electrons. The standard InChI is InChI=1S/C17H19N3O2/c1-12-17(21)18-14-8-9-15(22-2)19-16(14)20(12)11-10-13-6-4-3-5-7-13/h3-9,12H,10-11H2,1-2H3,(H,18,21). The Labute approximate surface area is 129 Å². The van der Waals surface area contributed by atoms with Gasteiger partial charge >= 0.3 is 0 Å². The van der Waals surface area contributed by atoms with E-state index in [9.17, 15) is 4.79 Å². The fourth-order valence-electron chi connectivity index (χ4n) is 2.62. The van der Waals surface area contributed by atoms with Gasteiger partial charge in [-0.05, 0) is 25.0 Å². The fraction of sp³-hybridized carbons (Fsp3) is 0.294. The number of hydrogen-bond acceptors (Lipinski definition) is 4. The molecule has 5 nitrogen and oxygen atoms in total. The lowest BCUT2D eigenvalue weighted by Gasteiger charge is -2.35. The molecule has 0 bridgehead atoms. The first-order valence-corrected chi connectivity index (χ1v) is 7.35. The van der Waals surface area contributed by atoms with Crippen molar-refractivity contribution in [1.82, 2.24) is 4.98 Å². The van der Waals surface area contributed by atoms with Gasteiger partial charge in [-0.25, -0.2) is 0 Å². The molecule has 3 rings (SSSR count). The number of ether oxygens (including phenoxy) is 1. The third-order valence-corrected chi connectivity index (χ3v) is 3.92. The zero-order chi connectivity index (χ0) is 15.5. The summed E-state index contributed by atoms with van der Waals surface area (Å²) in [6.07, 6.45) is 0.858. The second-order valence-corrected chi connectivity index (χ2v) is 5.32. The van der Waals surface area contributed by atoms with Crippen molar-refractivity contribution < 1.29 is 9.53 Å². The second kappa shape index (κ2) is 6.05. The summed E-state index contributed by atoms with van der Waals surface area (Å²) in [5.41, 5.74) is 1.97. The van der Waals surface area contributed by atoms with E-state index in [4.69, 9.17) is 4.74 Å². The SMILES string of the molecule is COc1ccc2c(n1)N(CCc1ccccc1)C(C)C(=O)N2. The molecule has 2 heterocycles. The highest BCUT2D eigenvalue weighted by atomic mass is 16.5. The molecule has 1 aliphatic rings. The van der Waals surface area contributed by atoms with Crippen LogP contribution in [0.15, 0.2) is 42.5 Å². The van der Waals surface area contributed by atoms with Crippen LogP contribution >= 0.6 is 0 Å². The molecule has 1 N–H and O–H groups in total. The molecule has 1 aromatic carbocycles. The molecular formula is C17H19N3O2. The molecule has 0 fully saturated rings. The summed E-state index contributed by atoms with van der Waals surface area (Å²) >= 11 is 0. The highest BCUT2D eigenvalue weighted by molar-refractivity contribution is 6.02. The minimum Gasteiger partial charge on any atom is -0.481 e. The number of amides is 1. The van der Waals surface area contributed by atoms with E-state index < -0.39 is 0 Å². The Bertz CT molecular complexity index is 673. The largest absolute Gasteiger partial charge is 0.481 e. The van der Waals surface area contributed by atoms with E-state index in [1.54, 1.807) is 13.2 Å². The van der Waals surface area contributed by atoms with Crippen LogP contribution in [0, 0.1) is 0 Å². The van der Waals surface area contributed by atoms with Crippen molar-refractivity contribution in [1.29, 1.82) is 0 Å². The Morgan fingerprint density at radius 2 is 2.00 bits per heavy atom. The van der Waals surface area contributed by atoms with Gasteiger partial charge in [0.25, 0.3) is 0 Å².